The minimum atomic E-state index is -4.10. The molecule has 3 heterocycles. The summed E-state index contributed by atoms with van der Waals surface area (Å²) >= 11 is 0. The first-order valence-electron chi connectivity index (χ1n) is 9.09. The lowest BCUT2D eigenvalue weighted by molar-refractivity contribution is 0.103. The molecule has 0 saturated carbocycles. The standard InChI is InChI=1S/C20H15FN6O3S/c1-2-27-11-13(9-25-27)31(29,30)26-17-5-3-4-14(18(17)21)19(28)16-10-24-20-15(16)6-12(7-22)8-23-20/h3-6,8-11,26H,2H2,1H3,(H,23,24). The molecule has 156 valence electrons. The second kappa shape index (κ2) is 7.66. The third-order valence-electron chi connectivity index (χ3n) is 4.64. The number of hydrogen-bond donors (Lipinski definition) is 2. The van der Waals surface area contributed by atoms with Gasteiger partial charge in [-0.25, -0.2) is 17.8 Å². The van der Waals surface area contributed by atoms with E-state index in [0.717, 1.165) is 6.20 Å². The van der Waals surface area contributed by atoms with Crippen LogP contribution in [0.1, 0.15) is 28.4 Å². The van der Waals surface area contributed by atoms with Gasteiger partial charge < -0.3 is 4.98 Å². The number of aromatic amines is 1. The number of carbonyl (C=O) groups is 1. The Hall–Kier alpha value is -4.04. The Labute approximate surface area is 176 Å². The molecule has 0 unspecified atom stereocenters. The largest absolute Gasteiger partial charge is 0.345 e. The van der Waals surface area contributed by atoms with Gasteiger partial charge in [-0.2, -0.15) is 10.4 Å². The van der Waals surface area contributed by atoms with Gasteiger partial charge in [0, 0.05) is 36.1 Å². The highest BCUT2D eigenvalue weighted by molar-refractivity contribution is 7.92. The first-order chi connectivity index (χ1) is 14.8. The number of fused-ring (bicyclic) bond motifs is 1. The number of pyridine rings is 1. The SMILES string of the molecule is CCn1cc(S(=O)(=O)Nc2cccc(C(=O)c3c[nH]c4ncc(C#N)cc34)c2F)cn1. The lowest BCUT2D eigenvalue weighted by Gasteiger charge is -2.10. The van der Waals surface area contributed by atoms with Crippen molar-refractivity contribution >= 4 is 32.5 Å². The quantitative estimate of drug-likeness (QED) is 0.445. The second-order valence-corrected chi connectivity index (χ2v) is 8.25. The van der Waals surface area contributed by atoms with Gasteiger partial charge in [0.15, 0.2) is 11.6 Å². The molecule has 2 N–H and O–H groups in total. The lowest BCUT2D eigenvalue weighted by Crippen LogP contribution is -2.15. The smallest absolute Gasteiger partial charge is 0.265 e. The maximum Gasteiger partial charge on any atom is 0.265 e. The van der Waals surface area contributed by atoms with E-state index in [2.05, 4.69) is 19.8 Å². The number of sulfonamides is 1. The van der Waals surface area contributed by atoms with Crippen LogP contribution in [0.5, 0.6) is 0 Å². The Kier molecular flexibility index (Phi) is 5.00. The second-order valence-electron chi connectivity index (χ2n) is 6.57. The van der Waals surface area contributed by atoms with E-state index in [1.54, 1.807) is 6.92 Å². The third kappa shape index (κ3) is 3.64. The summed E-state index contributed by atoms with van der Waals surface area (Å²) in [6.45, 7) is 2.27. The molecule has 0 spiro atoms. The highest BCUT2D eigenvalue weighted by atomic mass is 32.2. The summed E-state index contributed by atoms with van der Waals surface area (Å²) in [5, 5.41) is 13.3. The predicted molar refractivity (Wildman–Crippen MR) is 109 cm³/mol. The number of aromatic nitrogens is 4. The minimum Gasteiger partial charge on any atom is -0.345 e. The Bertz CT molecular complexity index is 1470. The zero-order chi connectivity index (χ0) is 22.2. The first-order valence-corrected chi connectivity index (χ1v) is 10.6. The van der Waals surface area contributed by atoms with E-state index in [1.165, 1.54) is 47.5 Å². The van der Waals surface area contributed by atoms with Gasteiger partial charge in [-0.1, -0.05) is 6.07 Å². The van der Waals surface area contributed by atoms with Crippen LogP contribution in [-0.4, -0.2) is 33.9 Å². The molecule has 4 aromatic rings. The molecule has 0 saturated heterocycles. The summed E-state index contributed by atoms with van der Waals surface area (Å²) in [5.41, 5.74) is 0.0320. The number of nitriles is 1. The molecule has 0 fully saturated rings. The zero-order valence-corrected chi connectivity index (χ0v) is 16.9. The Morgan fingerprint density at radius 3 is 2.84 bits per heavy atom. The summed E-state index contributed by atoms with van der Waals surface area (Å²) in [4.78, 5) is 19.7. The van der Waals surface area contributed by atoms with Crippen LogP contribution >= 0.6 is 0 Å². The number of hydrogen-bond acceptors (Lipinski definition) is 6. The van der Waals surface area contributed by atoms with Gasteiger partial charge in [0.25, 0.3) is 10.0 Å². The van der Waals surface area contributed by atoms with Gasteiger partial charge in [0.2, 0.25) is 0 Å². The summed E-state index contributed by atoms with van der Waals surface area (Å²) in [6.07, 6.45) is 5.20. The van der Waals surface area contributed by atoms with Crippen molar-refractivity contribution in [2.75, 3.05) is 4.72 Å². The number of halogens is 1. The van der Waals surface area contributed by atoms with Crippen molar-refractivity contribution in [2.45, 2.75) is 18.4 Å². The van der Waals surface area contributed by atoms with Gasteiger partial charge >= 0.3 is 0 Å². The average Bonchev–Trinajstić information content (AvgIpc) is 3.41. The van der Waals surface area contributed by atoms with E-state index in [9.17, 15) is 13.2 Å². The van der Waals surface area contributed by atoms with E-state index in [0.29, 0.717) is 17.6 Å². The number of anilines is 1. The van der Waals surface area contributed by atoms with Crippen LogP contribution in [-0.2, 0) is 16.6 Å². The number of nitrogens with one attached hydrogen (secondary N) is 2. The summed E-state index contributed by atoms with van der Waals surface area (Å²) in [7, 11) is -4.10. The molecule has 0 amide bonds. The lowest BCUT2D eigenvalue weighted by atomic mass is 10.0. The van der Waals surface area contributed by atoms with E-state index in [1.807, 2.05) is 6.07 Å². The highest BCUT2D eigenvalue weighted by Crippen LogP contribution is 2.26. The Morgan fingerprint density at radius 2 is 2.13 bits per heavy atom. The predicted octanol–water partition coefficient (Wildman–Crippen LogP) is 2.82. The van der Waals surface area contributed by atoms with Crippen molar-refractivity contribution in [3.63, 3.8) is 0 Å². The van der Waals surface area contributed by atoms with Crippen LogP contribution in [0.2, 0.25) is 0 Å². The number of ketones is 1. The van der Waals surface area contributed by atoms with E-state index in [-0.39, 0.29) is 27.3 Å². The maximum atomic E-state index is 15.1. The fourth-order valence-corrected chi connectivity index (χ4v) is 4.05. The van der Waals surface area contributed by atoms with Gasteiger partial charge in [-0.15, -0.1) is 0 Å². The molecule has 0 aliphatic rings. The molecular weight excluding hydrogens is 423 g/mol. The zero-order valence-electron chi connectivity index (χ0n) is 16.1. The van der Waals surface area contributed by atoms with Crippen LogP contribution in [0.4, 0.5) is 10.1 Å². The van der Waals surface area contributed by atoms with Crippen molar-refractivity contribution in [3.8, 4) is 6.07 Å². The molecule has 31 heavy (non-hydrogen) atoms. The fraction of sp³-hybridized carbons (Fsp3) is 0.100. The molecular formula is C20H15FN6O3S. The van der Waals surface area contributed by atoms with Crippen LogP contribution in [0.3, 0.4) is 0 Å². The molecule has 3 aromatic heterocycles. The summed E-state index contributed by atoms with van der Waals surface area (Å²) in [6, 6.07) is 7.26. The molecule has 4 rings (SSSR count). The molecule has 9 nitrogen and oxygen atoms in total. The van der Waals surface area contributed by atoms with Gasteiger partial charge in [0.05, 0.1) is 23.0 Å². The Balaban J connectivity index is 1.71. The minimum absolute atomic E-state index is 0.114. The molecule has 0 radical (unpaired) electrons. The summed E-state index contributed by atoms with van der Waals surface area (Å²) in [5.74, 6) is -1.70. The molecule has 11 heteroatoms. The number of aryl methyl sites for hydroxylation is 1. The van der Waals surface area contributed by atoms with Crippen molar-refractivity contribution in [2.24, 2.45) is 0 Å². The average molecular weight is 438 g/mol. The van der Waals surface area contributed by atoms with E-state index in [4.69, 9.17) is 5.26 Å². The van der Waals surface area contributed by atoms with Gasteiger partial charge in [-0.05, 0) is 25.1 Å². The monoisotopic (exact) mass is 438 g/mol. The van der Waals surface area contributed by atoms with Crippen molar-refractivity contribution in [1.29, 1.82) is 5.26 Å². The van der Waals surface area contributed by atoms with E-state index >= 15 is 4.39 Å². The number of benzene rings is 1. The maximum absolute atomic E-state index is 15.1. The third-order valence-corrected chi connectivity index (χ3v) is 5.96. The van der Waals surface area contributed by atoms with Crippen LogP contribution in [0.25, 0.3) is 11.0 Å². The number of H-pyrrole nitrogens is 1. The fourth-order valence-electron chi connectivity index (χ4n) is 3.04. The van der Waals surface area contributed by atoms with E-state index < -0.39 is 21.6 Å². The molecule has 0 atom stereocenters. The molecule has 0 bridgehead atoms. The van der Waals surface area contributed by atoms with Gasteiger partial charge in [-0.3, -0.25) is 14.2 Å². The van der Waals surface area contributed by atoms with Crippen LogP contribution in [0.15, 0.2) is 53.9 Å². The topological polar surface area (TPSA) is 134 Å². The van der Waals surface area contributed by atoms with Crippen molar-refractivity contribution < 1.29 is 17.6 Å². The van der Waals surface area contributed by atoms with Crippen LogP contribution in [0, 0.1) is 17.1 Å². The molecule has 0 aliphatic heterocycles. The van der Waals surface area contributed by atoms with Crippen molar-refractivity contribution in [3.05, 3.63) is 71.6 Å². The highest BCUT2D eigenvalue weighted by Gasteiger charge is 2.23. The molecule has 0 aliphatic carbocycles. The Morgan fingerprint density at radius 1 is 1.32 bits per heavy atom. The van der Waals surface area contributed by atoms with Crippen LogP contribution < -0.4 is 4.72 Å². The summed E-state index contributed by atoms with van der Waals surface area (Å²) < 4.78 is 43.9. The normalized spacial score (nSPS) is 11.4. The number of rotatable bonds is 6. The van der Waals surface area contributed by atoms with Crippen molar-refractivity contribution in [1.82, 2.24) is 19.7 Å². The first kappa shape index (κ1) is 20.2. The van der Waals surface area contributed by atoms with Gasteiger partial charge in [0.1, 0.15) is 16.6 Å². The molecule has 1 aromatic carbocycles. The number of nitrogens with zero attached hydrogens (tertiary/aromatic N) is 4. The number of carbonyl (C=O) groups excluding carboxylic acids is 1.